The van der Waals surface area contributed by atoms with Gasteiger partial charge in [-0.1, -0.05) is 13.0 Å². The standard InChI is InChI=1S/C13H18N2O3/c1-3-12(17)15-11-6-4-5-10(7-11)13(18)14-8-9(2)16/h4-7,9,16H,3,8H2,1-2H3,(H,14,18)(H,15,17). The van der Waals surface area contributed by atoms with Gasteiger partial charge in [-0.05, 0) is 25.1 Å². The van der Waals surface area contributed by atoms with E-state index in [1.54, 1.807) is 38.1 Å². The predicted octanol–water partition coefficient (Wildman–Crippen LogP) is 1.15. The summed E-state index contributed by atoms with van der Waals surface area (Å²) in [5.41, 5.74) is 1.04. The van der Waals surface area contributed by atoms with Gasteiger partial charge in [0.15, 0.2) is 0 Å². The summed E-state index contributed by atoms with van der Waals surface area (Å²) in [5.74, 6) is -0.375. The summed E-state index contributed by atoms with van der Waals surface area (Å²) in [4.78, 5) is 23.0. The van der Waals surface area contributed by atoms with Gasteiger partial charge < -0.3 is 15.7 Å². The lowest BCUT2D eigenvalue weighted by molar-refractivity contribution is -0.115. The molecule has 0 heterocycles. The van der Waals surface area contributed by atoms with Crippen molar-refractivity contribution in [1.29, 1.82) is 0 Å². The van der Waals surface area contributed by atoms with Crippen molar-refractivity contribution in [3.8, 4) is 0 Å². The Hall–Kier alpha value is -1.88. The van der Waals surface area contributed by atoms with Crippen molar-refractivity contribution in [2.24, 2.45) is 0 Å². The molecule has 0 saturated heterocycles. The normalized spacial score (nSPS) is 11.7. The number of aliphatic hydroxyl groups is 1. The number of amides is 2. The molecule has 0 fully saturated rings. The fourth-order valence-corrected chi connectivity index (χ4v) is 1.33. The quantitative estimate of drug-likeness (QED) is 0.733. The van der Waals surface area contributed by atoms with Gasteiger partial charge in [0.05, 0.1) is 6.10 Å². The van der Waals surface area contributed by atoms with Crippen LogP contribution in [0.1, 0.15) is 30.6 Å². The lowest BCUT2D eigenvalue weighted by Gasteiger charge is -2.09. The average molecular weight is 250 g/mol. The second kappa shape index (κ2) is 6.76. The molecular weight excluding hydrogens is 232 g/mol. The summed E-state index contributed by atoms with van der Waals surface area (Å²) < 4.78 is 0. The van der Waals surface area contributed by atoms with Crippen LogP contribution < -0.4 is 10.6 Å². The van der Waals surface area contributed by atoms with Gasteiger partial charge in [0.25, 0.3) is 5.91 Å². The van der Waals surface area contributed by atoms with Gasteiger partial charge in [-0.2, -0.15) is 0 Å². The fourth-order valence-electron chi connectivity index (χ4n) is 1.33. The number of carbonyl (C=O) groups excluding carboxylic acids is 2. The molecule has 0 aliphatic carbocycles. The monoisotopic (exact) mass is 250 g/mol. The average Bonchev–Trinajstić information content (AvgIpc) is 2.36. The van der Waals surface area contributed by atoms with Gasteiger partial charge in [0, 0.05) is 24.2 Å². The first kappa shape index (κ1) is 14.2. The van der Waals surface area contributed by atoms with Gasteiger partial charge >= 0.3 is 0 Å². The molecule has 5 heteroatoms. The van der Waals surface area contributed by atoms with Crippen LogP contribution in [0.2, 0.25) is 0 Å². The molecule has 0 aromatic heterocycles. The van der Waals surface area contributed by atoms with Crippen LogP contribution in [-0.2, 0) is 4.79 Å². The molecule has 2 amide bonds. The Bertz CT molecular complexity index is 430. The Balaban J connectivity index is 2.69. The molecule has 18 heavy (non-hydrogen) atoms. The number of carbonyl (C=O) groups is 2. The summed E-state index contributed by atoms with van der Waals surface area (Å²) in [6.07, 6.45) is -0.199. The molecule has 1 unspecified atom stereocenters. The molecule has 98 valence electrons. The van der Waals surface area contributed by atoms with Gasteiger partial charge in [0.1, 0.15) is 0 Å². The third-order valence-electron chi connectivity index (χ3n) is 2.29. The molecule has 0 saturated carbocycles. The number of hydrogen-bond acceptors (Lipinski definition) is 3. The Morgan fingerprint density at radius 1 is 1.39 bits per heavy atom. The zero-order valence-electron chi connectivity index (χ0n) is 10.6. The first-order valence-corrected chi connectivity index (χ1v) is 5.89. The number of nitrogens with one attached hydrogen (secondary N) is 2. The molecular formula is C13H18N2O3. The lowest BCUT2D eigenvalue weighted by atomic mass is 10.2. The van der Waals surface area contributed by atoms with Crippen LogP contribution in [0.4, 0.5) is 5.69 Å². The van der Waals surface area contributed by atoms with E-state index >= 15 is 0 Å². The van der Waals surface area contributed by atoms with Crippen LogP contribution >= 0.6 is 0 Å². The molecule has 1 rings (SSSR count). The van der Waals surface area contributed by atoms with Crippen molar-refractivity contribution < 1.29 is 14.7 Å². The highest BCUT2D eigenvalue weighted by atomic mass is 16.3. The van der Waals surface area contributed by atoms with Gasteiger partial charge in [-0.25, -0.2) is 0 Å². The minimum Gasteiger partial charge on any atom is -0.392 e. The summed E-state index contributed by atoms with van der Waals surface area (Å²) in [6, 6.07) is 6.67. The van der Waals surface area contributed by atoms with E-state index in [2.05, 4.69) is 10.6 Å². The maximum absolute atomic E-state index is 11.7. The first-order chi connectivity index (χ1) is 8.52. The van der Waals surface area contributed by atoms with Gasteiger partial charge in [0.2, 0.25) is 5.91 Å². The molecule has 3 N–H and O–H groups in total. The zero-order valence-corrected chi connectivity index (χ0v) is 10.6. The number of rotatable bonds is 5. The minimum absolute atomic E-state index is 0.100. The minimum atomic E-state index is -0.586. The maximum Gasteiger partial charge on any atom is 0.251 e. The highest BCUT2D eigenvalue weighted by Crippen LogP contribution is 2.10. The Morgan fingerprint density at radius 3 is 2.72 bits per heavy atom. The Morgan fingerprint density at radius 2 is 2.11 bits per heavy atom. The number of aliphatic hydroxyl groups excluding tert-OH is 1. The van der Waals surface area contributed by atoms with Crippen LogP contribution in [0.15, 0.2) is 24.3 Å². The van der Waals surface area contributed by atoms with Crippen molar-refractivity contribution >= 4 is 17.5 Å². The van der Waals surface area contributed by atoms with E-state index in [0.717, 1.165) is 0 Å². The molecule has 0 bridgehead atoms. The van der Waals surface area contributed by atoms with Gasteiger partial charge in [-0.3, -0.25) is 9.59 Å². The van der Waals surface area contributed by atoms with Crippen LogP contribution in [0, 0.1) is 0 Å². The van der Waals surface area contributed by atoms with Crippen LogP contribution in [0.3, 0.4) is 0 Å². The van der Waals surface area contributed by atoms with Crippen LogP contribution in [0.5, 0.6) is 0 Å². The maximum atomic E-state index is 11.7. The highest BCUT2D eigenvalue weighted by molar-refractivity contribution is 5.97. The largest absolute Gasteiger partial charge is 0.392 e. The van der Waals surface area contributed by atoms with E-state index < -0.39 is 6.10 Å². The predicted molar refractivity (Wildman–Crippen MR) is 69.4 cm³/mol. The Labute approximate surface area is 106 Å². The van der Waals surface area contributed by atoms with E-state index in [-0.39, 0.29) is 18.4 Å². The molecule has 0 aliphatic rings. The number of benzene rings is 1. The first-order valence-electron chi connectivity index (χ1n) is 5.89. The van der Waals surface area contributed by atoms with E-state index in [1.807, 2.05) is 0 Å². The second-order valence-electron chi connectivity index (χ2n) is 4.04. The van der Waals surface area contributed by atoms with Gasteiger partial charge in [-0.15, -0.1) is 0 Å². The molecule has 1 atom stereocenters. The fraction of sp³-hybridized carbons (Fsp3) is 0.385. The van der Waals surface area contributed by atoms with Crippen LogP contribution in [-0.4, -0.2) is 29.6 Å². The van der Waals surface area contributed by atoms with E-state index in [1.165, 1.54) is 0 Å². The highest BCUT2D eigenvalue weighted by Gasteiger charge is 2.07. The lowest BCUT2D eigenvalue weighted by Crippen LogP contribution is -2.30. The molecule has 0 radical (unpaired) electrons. The van der Waals surface area contributed by atoms with Crippen molar-refractivity contribution in [2.75, 3.05) is 11.9 Å². The third kappa shape index (κ3) is 4.55. The topological polar surface area (TPSA) is 78.4 Å². The molecule has 1 aromatic rings. The third-order valence-corrected chi connectivity index (χ3v) is 2.29. The van der Waals surface area contributed by atoms with E-state index in [9.17, 15) is 9.59 Å². The Kier molecular flexibility index (Phi) is 5.32. The summed E-state index contributed by atoms with van der Waals surface area (Å²) in [5, 5.41) is 14.4. The molecule has 0 aliphatic heterocycles. The number of hydrogen-bond donors (Lipinski definition) is 3. The molecule has 5 nitrogen and oxygen atoms in total. The molecule has 0 spiro atoms. The summed E-state index contributed by atoms with van der Waals surface area (Å²) in [6.45, 7) is 3.55. The number of anilines is 1. The summed E-state index contributed by atoms with van der Waals surface area (Å²) >= 11 is 0. The molecule has 1 aromatic carbocycles. The van der Waals surface area contributed by atoms with E-state index in [4.69, 9.17) is 5.11 Å². The van der Waals surface area contributed by atoms with Crippen molar-refractivity contribution in [3.05, 3.63) is 29.8 Å². The van der Waals surface area contributed by atoms with Crippen molar-refractivity contribution in [3.63, 3.8) is 0 Å². The second-order valence-corrected chi connectivity index (χ2v) is 4.04. The zero-order chi connectivity index (χ0) is 13.5. The van der Waals surface area contributed by atoms with E-state index in [0.29, 0.717) is 17.7 Å². The van der Waals surface area contributed by atoms with Crippen molar-refractivity contribution in [1.82, 2.24) is 5.32 Å². The smallest absolute Gasteiger partial charge is 0.251 e. The SMILES string of the molecule is CCC(=O)Nc1cccc(C(=O)NCC(C)O)c1. The van der Waals surface area contributed by atoms with Crippen LogP contribution in [0.25, 0.3) is 0 Å². The van der Waals surface area contributed by atoms with Crippen molar-refractivity contribution in [2.45, 2.75) is 26.4 Å². The summed E-state index contributed by atoms with van der Waals surface area (Å²) in [7, 11) is 0.